The number of rotatable bonds is 0. The third-order valence-electron chi connectivity index (χ3n) is 1.14. The van der Waals surface area contributed by atoms with Crippen molar-refractivity contribution >= 4 is 24.2 Å². The first-order valence-electron chi connectivity index (χ1n) is 2.62. The van der Waals surface area contributed by atoms with Crippen molar-refractivity contribution in [2.24, 2.45) is 0 Å². The fourth-order valence-corrected chi connectivity index (χ4v) is 0.818. The molecule has 0 saturated carbocycles. The predicted octanol–water partition coefficient (Wildman–Crippen LogP) is 0.383. The summed E-state index contributed by atoms with van der Waals surface area (Å²) in [5.74, 6) is -0.226. The Morgan fingerprint density at radius 1 is 1.56 bits per heavy atom. The van der Waals surface area contributed by atoms with Crippen LogP contribution in [0.15, 0.2) is 12.2 Å². The molecule has 0 aromatic carbocycles. The van der Waals surface area contributed by atoms with Crippen molar-refractivity contribution in [1.82, 2.24) is 0 Å². The molecule has 0 aromatic rings. The molecule has 0 heterocycles. The van der Waals surface area contributed by atoms with Crippen LogP contribution >= 0.6 is 12.6 Å². The molecule has 1 unspecified atom stereocenters. The van der Waals surface area contributed by atoms with Gasteiger partial charge in [-0.2, -0.15) is 12.6 Å². The summed E-state index contributed by atoms with van der Waals surface area (Å²) in [5, 5.41) is -0.359. The van der Waals surface area contributed by atoms with Gasteiger partial charge in [-0.15, -0.1) is 0 Å². The van der Waals surface area contributed by atoms with Crippen molar-refractivity contribution in [3.63, 3.8) is 0 Å². The van der Waals surface area contributed by atoms with Crippen molar-refractivity contribution in [3.8, 4) is 0 Å². The maximum Gasteiger partial charge on any atom is 0.162 e. The summed E-state index contributed by atoms with van der Waals surface area (Å²) < 4.78 is 0. The van der Waals surface area contributed by atoms with Crippen LogP contribution in [-0.2, 0) is 9.59 Å². The van der Waals surface area contributed by atoms with E-state index in [4.69, 9.17) is 0 Å². The Morgan fingerprint density at radius 3 is 2.67 bits per heavy atom. The van der Waals surface area contributed by atoms with Gasteiger partial charge in [0, 0.05) is 0 Å². The van der Waals surface area contributed by atoms with Crippen LogP contribution < -0.4 is 0 Å². The van der Waals surface area contributed by atoms with E-state index in [1.807, 2.05) is 0 Å². The predicted molar refractivity (Wildman–Crippen MR) is 36.5 cm³/mol. The molecule has 9 heavy (non-hydrogen) atoms. The Morgan fingerprint density at radius 2 is 2.22 bits per heavy atom. The largest absolute Gasteiger partial charge is 0.298 e. The third-order valence-corrected chi connectivity index (χ3v) is 1.60. The Balaban J connectivity index is 2.76. The summed E-state index contributed by atoms with van der Waals surface area (Å²) in [6.45, 7) is 0. The smallest absolute Gasteiger partial charge is 0.162 e. The average Bonchev–Trinajstić information content (AvgIpc) is 1.80. The van der Waals surface area contributed by atoms with Crippen LogP contribution in [0.2, 0.25) is 0 Å². The van der Waals surface area contributed by atoms with E-state index in [9.17, 15) is 9.59 Å². The highest BCUT2D eigenvalue weighted by Gasteiger charge is 2.17. The topological polar surface area (TPSA) is 34.1 Å². The molecular formula is C6H6O2S. The van der Waals surface area contributed by atoms with E-state index in [1.54, 1.807) is 0 Å². The minimum absolute atomic E-state index is 0.0185. The fourth-order valence-electron chi connectivity index (χ4n) is 0.641. The highest BCUT2D eigenvalue weighted by molar-refractivity contribution is 7.82. The number of ketones is 2. The number of allylic oxidation sites excluding steroid dienone is 1. The number of thiol groups is 1. The Hall–Kier alpha value is -0.570. The van der Waals surface area contributed by atoms with Crippen LogP contribution in [0.5, 0.6) is 0 Å². The zero-order valence-corrected chi connectivity index (χ0v) is 5.60. The summed E-state index contributed by atoms with van der Waals surface area (Å²) >= 11 is 3.91. The lowest BCUT2D eigenvalue weighted by Gasteiger charge is -2.06. The number of carbonyl (C=O) groups excluding carboxylic acids is 2. The van der Waals surface area contributed by atoms with Crippen molar-refractivity contribution in [2.75, 3.05) is 0 Å². The van der Waals surface area contributed by atoms with Gasteiger partial charge >= 0.3 is 0 Å². The van der Waals surface area contributed by atoms with E-state index in [0.29, 0.717) is 0 Å². The van der Waals surface area contributed by atoms with Crippen molar-refractivity contribution in [1.29, 1.82) is 0 Å². The molecule has 0 N–H and O–H groups in total. The lowest BCUT2D eigenvalue weighted by molar-refractivity contribution is -0.124. The maximum atomic E-state index is 10.7. The number of hydrogen-bond donors (Lipinski definition) is 1. The molecule has 1 atom stereocenters. The summed E-state index contributed by atoms with van der Waals surface area (Å²) in [5.41, 5.74) is 0. The summed E-state index contributed by atoms with van der Waals surface area (Å²) in [7, 11) is 0. The molecular weight excluding hydrogens is 136 g/mol. The normalized spacial score (nSPS) is 27.0. The zero-order chi connectivity index (χ0) is 6.85. The van der Waals surface area contributed by atoms with E-state index >= 15 is 0 Å². The summed E-state index contributed by atoms with van der Waals surface area (Å²) in [4.78, 5) is 21.1. The molecule has 2 nitrogen and oxygen atoms in total. The SMILES string of the molecule is O=C1C=CC(S)C(=O)C1. The lowest BCUT2D eigenvalue weighted by Crippen LogP contribution is -2.20. The van der Waals surface area contributed by atoms with Crippen LogP contribution in [0.4, 0.5) is 0 Å². The zero-order valence-electron chi connectivity index (χ0n) is 4.70. The molecule has 0 amide bonds. The standard InChI is InChI=1S/C6H6O2S/c7-4-1-2-6(9)5(8)3-4/h1-2,6,9H,3H2. The second-order valence-electron chi connectivity index (χ2n) is 1.91. The Bertz CT molecular complexity index is 183. The van der Waals surface area contributed by atoms with Crippen LogP contribution in [0.25, 0.3) is 0 Å². The van der Waals surface area contributed by atoms with E-state index < -0.39 is 0 Å². The second-order valence-corrected chi connectivity index (χ2v) is 2.47. The molecule has 0 aliphatic heterocycles. The third kappa shape index (κ3) is 1.42. The first kappa shape index (κ1) is 6.55. The van der Waals surface area contributed by atoms with Crippen LogP contribution in [0, 0.1) is 0 Å². The van der Waals surface area contributed by atoms with Crippen molar-refractivity contribution in [3.05, 3.63) is 12.2 Å². The molecule has 48 valence electrons. The molecule has 0 aromatic heterocycles. The number of carbonyl (C=O) groups is 2. The highest BCUT2D eigenvalue weighted by atomic mass is 32.1. The fraction of sp³-hybridized carbons (Fsp3) is 0.333. The van der Waals surface area contributed by atoms with Crippen LogP contribution in [0.1, 0.15) is 6.42 Å². The molecule has 1 rings (SSSR count). The highest BCUT2D eigenvalue weighted by Crippen LogP contribution is 2.08. The van der Waals surface area contributed by atoms with E-state index in [-0.39, 0.29) is 23.2 Å². The van der Waals surface area contributed by atoms with E-state index in [2.05, 4.69) is 12.6 Å². The molecule has 1 aliphatic rings. The molecule has 0 bridgehead atoms. The van der Waals surface area contributed by atoms with E-state index in [0.717, 1.165) is 0 Å². The lowest BCUT2D eigenvalue weighted by atomic mass is 10.1. The summed E-state index contributed by atoms with van der Waals surface area (Å²) in [6.07, 6.45) is 2.93. The Kier molecular flexibility index (Phi) is 1.71. The van der Waals surface area contributed by atoms with Gasteiger partial charge in [0.1, 0.15) is 0 Å². The monoisotopic (exact) mass is 142 g/mol. The van der Waals surface area contributed by atoms with E-state index in [1.165, 1.54) is 12.2 Å². The van der Waals surface area contributed by atoms with Gasteiger partial charge in [0.05, 0.1) is 11.7 Å². The van der Waals surface area contributed by atoms with Gasteiger partial charge in [-0.3, -0.25) is 9.59 Å². The first-order valence-corrected chi connectivity index (χ1v) is 3.13. The Labute approximate surface area is 58.3 Å². The summed E-state index contributed by atoms with van der Waals surface area (Å²) in [6, 6.07) is 0. The molecule has 1 aliphatic carbocycles. The van der Waals surface area contributed by atoms with Crippen LogP contribution in [0.3, 0.4) is 0 Å². The maximum absolute atomic E-state index is 10.7. The number of Topliss-reactive ketones (excluding diaryl/α,β-unsaturated/α-hetero) is 1. The van der Waals surface area contributed by atoms with Crippen molar-refractivity contribution < 1.29 is 9.59 Å². The van der Waals surface area contributed by atoms with Gasteiger partial charge in [-0.05, 0) is 6.08 Å². The number of hydrogen-bond acceptors (Lipinski definition) is 3. The van der Waals surface area contributed by atoms with Crippen LogP contribution in [-0.4, -0.2) is 16.8 Å². The van der Waals surface area contributed by atoms with Gasteiger partial charge in [0.25, 0.3) is 0 Å². The van der Waals surface area contributed by atoms with Gasteiger partial charge in [-0.25, -0.2) is 0 Å². The molecule has 3 heteroatoms. The average molecular weight is 142 g/mol. The van der Waals surface area contributed by atoms with Crippen molar-refractivity contribution in [2.45, 2.75) is 11.7 Å². The molecule has 0 radical (unpaired) electrons. The van der Waals surface area contributed by atoms with Gasteiger partial charge in [-0.1, -0.05) is 6.08 Å². The molecule has 0 fully saturated rings. The molecule has 0 spiro atoms. The van der Waals surface area contributed by atoms with Gasteiger partial charge in [0.15, 0.2) is 11.6 Å². The van der Waals surface area contributed by atoms with Gasteiger partial charge < -0.3 is 0 Å². The minimum atomic E-state index is -0.359. The quantitative estimate of drug-likeness (QED) is 0.392. The first-order chi connectivity index (χ1) is 4.20. The van der Waals surface area contributed by atoms with Gasteiger partial charge in [0.2, 0.25) is 0 Å². The second kappa shape index (κ2) is 2.35. The molecule has 0 saturated heterocycles. The minimum Gasteiger partial charge on any atom is -0.298 e.